The topological polar surface area (TPSA) is 106 Å². The summed E-state index contributed by atoms with van der Waals surface area (Å²) in [4.78, 5) is 10.3. The molecule has 0 atom stereocenters. The summed E-state index contributed by atoms with van der Waals surface area (Å²) in [5.41, 5.74) is 7.29. The first-order chi connectivity index (χ1) is 10.8. The van der Waals surface area contributed by atoms with Crippen LogP contribution in [0.4, 0.5) is 5.82 Å². The molecule has 0 amide bonds. The number of rotatable bonds is 4. The molecule has 0 aliphatic carbocycles. The van der Waals surface area contributed by atoms with Crippen LogP contribution in [0.3, 0.4) is 0 Å². The first-order valence-corrected chi connectivity index (χ1v) is 7.11. The summed E-state index contributed by atoms with van der Waals surface area (Å²) in [6.45, 7) is 5.18. The first kappa shape index (κ1) is 14.4. The predicted octanol–water partition coefficient (Wildman–Crippen LogP) is 0.126. The summed E-state index contributed by atoms with van der Waals surface area (Å²) in [5, 5.41) is 13.5. The number of ether oxygens (including phenoxy) is 1. The van der Waals surface area contributed by atoms with Crippen molar-refractivity contribution in [2.75, 3.05) is 38.6 Å². The van der Waals surface area contributed by atoms with E-state index >= 15 is 0 Å². The molecular weight excluding hydrogens is 282 g/mol. The molecule has 0 aromatic carbocycles. The van der Waals surface area contributed by atoms with Gasteiger partial charge in [0.05, 0.1) is 31.6 Å². The lowest BCUT2D eigenvalue weighted by Crippen LogP contribution is -2.38. The van der Waals surface area contributed by atoms with Crippen LogP contribution in [0.1, 0.15) is 5.56 Å². The second kappa shape index (κ2) is 6.51. The van der Waals surface area contributed by atoms with Gasteiger partial charge in [0.25, 0.3) is 0 Å². The molecule has 1 aliphatic rings. The van der Waals surface area contributed by atoms with Crippen molar-refractivity contribution in [3.05, 3.63) is 24.3 Å². The number of nitrogens with zero attached hydrogens (tertiary/aromatic N) is 6. The molecular formula is C14H17N7O. The van der Waals surface area contributed by atoms with E-state index in [4.69, 9.17) is 10.5 Å². The van der Waals surface area contributed by atoms with Gasteiger partial charge in [-0.2, -0.15) is 10.4 Å². The number of hydrogen-bond acceptors (Lipinski definition) is 7. The third-order valence-electron chi connectivity index (χ3n) is 3.64. The minimum absolute atomic E-state index is 0.188. The second-order valence-corrected chi connectivity index (χ2v) is 5.04. The average Bonchev–Trinajstić information content (AvgIpc) is 3.02. The van der Waals surface area contributed by atoms with Gasteiger partial charge in [0.2, 0.25) is 0 Å². The Morgan fingerprint density at radius 2 is 2.09 bits per heavy atom. The van der Waals surface area contributed by atoms with Gasteiger partial charge in [-0.15, -0.1) is 0 Å². The van der Waals surface area contributed by atoms with Crippen molar-refractivity contribution in [1.82, 2.24) is 24.6 Å². The van der Waals surface area contributed by atoms with Gasteiger partial charge in [0, 0.05) is 31.4 Å². The Bertz CT molecular complexity index is 685. The van der Waals surface area contributed by atoms with Crippen molar-refractivity contribution in [2.45, 2.75) is 6.54 Å². The fraction of sp³-hybridized carbons (Fsp3) is 0.429. The lowest BCUT2D eigenvalue weighted by Gasteiger charge is -2.26. The Morgan fingerprint density at radius 3 is 2.86 bits per heavy atom. The molecule has 2 aromatic rings. The number of nitriles is 1. The first-order valence-electron chi connectivity index (χ1n) is 7.11. The van der Waals surface area contributed by atoms with E-state index in [-0.39, 0.29) is 11.4 Å². The third kappa shape index (κ3) is 3.05. The fourth-order valence-electron chi connectivity index (χ4n) is 2.41. The lowest BCUT2D eigenvalue weighted by molar-refractivity contribution is 0.0360. The Morgan fingerprint density at radius 1 is 1.27 bits per heavy atom. The summed E-state index contributed by atoms with van der Waals surface area (Å²) < 4.78 is 7.18. The molecule has 0 radical (unpaired) electrons. The largest absolute Gasteiger partial charge is 0.382 e. The van der Waals surface area contributed by atoms with Crippen LogP contribution in [-0.4, -0.2) is 57.5 Å². The zero-order valence-corrected chi connectivity index (χ0v) is 12.1. The summed E-state index contributed by atoms with van der Waals surface area (Å²) in [5.74, 6) is 0.188. The molecule has 2 N–H and O–H groups in total. The Labute approximate surface area is 128 Å². The summed E-state index contributed by atoms with van der Waals surface area (Å²) in [6, 6.07) is 2.05. The highest BCUT2D eigenvalue weighted by Crippen LogP contribution is 2.22. The predicted molar refractivity (Wildman–Crippen MR) is 79.6 cm³/mol. The number of nitrogen functional groups attached to an aromatic ring is 1. The second-order valence-electron chi connectivity index (χ2n) is 5.04. The van der Waals surface area contributed by atoms with Crippen LogP contribution >= 0.6 is 0 Å². The lowest BCUT2D eigenvalue weighted by atomic mass is 10.1. The normalized spacial score (nSPS) is 15.6. The molecule has 0 bridgehead atoms. The summed E-state index contributed by atoms with van der Waals surface area (Å²) in [6.07, 6.45) is 4.93. The number of hydrogen-bond donors (Lipinski definition) is 1. The Balaban J connectivity index is 1.71. The molecule has 3 heterocycles. The van der Waals surface area contributed by atoms with E-state index < -0.39 is 0 Å². The summed E-state index contributed by atoms with van der Waals surface area (Å²) >= 11 is 0. The molecule has 0 unspecified atom stereocenters. The van der Waals surface area contributed by atoms with Crippen molar-refractivity contribution < 1.29 is 4.74 Å². The standard InChI is InChI=1S/C14H17N7O/c15-7-12-13(17-10-18-14(12)16)11-8-19-21(9-11)2-1-20-3-5-22-6-4-20/h8-10H,1-6H2,(H2,16,17,18). The molecule has 1 saturated heterocycles. The van der Waals surface area contributed by atoms with Crippen molar-refractivity contribution in [1.29, 1.82) is 5.26 Å². The molecule has 114 valence electrons. The van der Waals surface area contributed by atoms with Crippen molar-refractivity contribution in [3.8, 4) is 17.3 Å². The van der Waals surface area contributed by atoms with Gasteiger partial charge >= 0.3 is 0 Å². The molecule has 0 spiro atoms. The Kier molecular flexibility index (Phi) is 4.27. The van der Waals surface area contributed by atoms with Crippen LogP contribution in [-0.2, 0) is 11.3 Å². The van der Waals surface area contributed by atoms with Gasteiger partial charge < -0.3 is 10.5 Å². The maximum absolute atomic E-state index is 9.19. The van der Waals surface area contributed by atoms with Crippen molar-refractivity contribution in [3.63, 3.8) is 0 Å². The highest BCUT2D eigenvalue weighted by molar-refractivity contribution is 5.70. The van der Waals surface area contributed by atoms with Gasteiger partial charge in [-0.05, 0) is 0 Å². The monoisotopic (exact) mass is 299 g/mol. The third-order valence-corrected chi connectivity index (χ3v) is 3.64. The molecule has 1 fully saturated rings. The van der Waals surface area contributed by atoms with E-state index in [0.717, 1.165) is 45.0 Å². The quantitative estimate of drug-likeness (QED) is 0.855. The van der Waals surface area contributed by atoms with Crippen LogP contribution in [0, 0.1) is 11.3 Å². The SMILES string of the molecule is N#Cc1c(N)ncnc1-c1cnn(CCN2CCOCC2)c1. The van der Waals surface area contributed by atoms with Crippen molar-refractivity contribution in [2.24, 2.45) is 0 Å². The Hall–Kier alpha value is -2.50. The van der Waals surface area contributed by atoms with Crippen molar-refractivity contribution >= 4 is 5.82 Å². The molecule has 0 saturated carbocycles. The van der Waals surface area contributed by atoms with Gasteiger partial charge in [-0.1, -0.05) is 0 Å². The molecule has 2 aromatic heterocycles. The minimum Gasteiger partial charge on any atom is -0.382 e. The van der Waals surface area contributed by atoms with E-state index in [2.05, 4.69) is 20.0 Å². The number of nitrogens with two attached hydrogens (primary N) is 1. The molecule has 22 heavy (non-hydrogen) atoms. The molecule has 8 heteroatoms. The van der Waals surface area contributed by atoms with Gasteiger partial charge in [-0.3, -0.25) is 9.58 Å². The molecule has 3 rings (SSSR count). The fourth-order valence-corrected chi connectivity index (χ4v) is 2.41. The van der Waals surface area contributed by atoms with E-state index in [1.807, 2.05) is 16.9 Å². The van der Waals surface area contributed by atoms with Crippen LogP contribution in [0.15, 0.2) is 18.7 Å². The van der Waals surface area contributed by atoms with Crippen LogP contribution in [0.2, 0.25) is 0 Å². The van der Waals surface area contributed by atoms with Crippen LogP contribution in [0.25, 0.3) is 11.3 Å². The van der Waals surface area contributed by atoms with E-state index in [1.54, 1.807) is 6.20 Å². The molecule has 8 nitrogen and oxygen atoms in total. The zero-order chi connectivity index (χ0) is 15.4. The number of morpholine rings is 1. The average molecular weight is 299 g/mol. The number of anilines is 1. The minimum atomic E-state index is 0.188. The van der Waals surface area contributed by atoms with Gasteiger partial charge in [0.1, 0.15) is 23.8 Å². The van der Waals surface area contributed by atoms with Gasteiger partial charge in [-0.25, -0.2) is 9.97 Å². The smallest absolute Gasteiger partial charge is 0.145 e. The summed E-state index contributed by atoms with van der Waals surface area (Å²) in [7, 11) is 0. The van der Waals surface area contributed by atoms with Gasteiger partial charge in [0.15, 0.2) is 0 Å². The van der Waals surface area contributed by atoms with Crippen LogP contribution in [0.5, 0.6) is 0 Å². The highest BCUT2D eigenvalue weighted by atomic mass is 16.5. The number of aromatic nitrogens is 4. The van der Waals surface area contributed by atoms with Crippen LogP contribution < -0.4 is 5.73 Å². The zero-order valence-electron chi connectivity index (χ0n) is 12.1. The molecule has 1 aliphatic heterocycles. The maximum atomic E-state index is 9.19. The highest BCUT2D eigenvalue weighted by Gasteiger charge is 2.14. The van der Waals surface area contributed by atoms with E-state index in [1.165, 1.54) is 6.33 Å². The van der Waals surface area contributed by atoms with E-state index in [9.17, 15) is 5.26 Å². The maximum Gasteiger partial charge on any atom is 0.145 e. The van der Waals surface area contributed by atoms with E-state index in [0.29, 0.717) is 5.69 Å².